The fraction of sp³-hybridized carbons (Fsp3) is 0.0952. The summed E-state index contributed by atoms with van der Waals surface area (Å²) in [6.45, 7) is 0. The van der Waals surface area contributed by atoms with Crippen LogP contribution >= 0.6 is 0 Å². The summed E-state index contributed by atoms with van der Waals surface area (Å²) in [5.74, 6) is 0.199. The van der Waals surface area contributed by atoms with Crippen LogP contribution in [0.3, 0.4) is 0 Å². The smallest absolute Gasteiger partial charge is 0.258 e. The van der Waals surface area contributed by atoms with Gasteiger partial charge in [0.25, 0.3) is 5.91 Å². The molecule has 25 heavy (non-hydrogen) atoms. The van der Waals surface area contributed by atoms with Crippen LogP contribution in [0.15, 0.2) is 90.2 Å². The van der Waals surface area contributed by atoms with Crippen LogP contribution in [0, 0.1) is 5.92 Å². The average molecular weight is 327 g/mol. The van der Waals surface area contributed by atoms with E-state index in [1.54, 1.807) is 12.3 Å². The van der Waals surface area contributed by atoms with E-state index in [9.17, 15) is 4.79 Å². The quantitative estimate of drug-likeness (QED) is 0.733. The Labute approximate surface area is 146 Å². The third-order valence-electron chi connectivity index (χ3n) is 4.26. The van der Waals surface area contributed by atoms with Crippen molar-refractivity contribution in [2.24, 2.45) is 11.0 Å². The van der Waals surface area contributed by atoms with Crippen molar-refractivity contribution in [3.63, 3.8) is 0 Å². The first-order valence-electron chi connectivity index (χ1n) is 8.26. The highest BCUT2D eigenvalue weighted by molar-refractivity contribution is 6.21. The van der Waals surface area contributed by atoms with Crippen molar-refractivity contribution in [2.75, 3.05) is 5.01 Å². The van der Waals surface area contributed by atoms with Gasteiger partial charge in [-0.1, -0.05) is 66.7 Å². The van der Waals surface area contributed by atoms with Gasteiger partial charge < -0.3 is 0 Å². The number of pyridine rings is 1. The molecule has 0 N–H and O–H groups in total. The summed E-state index contributed by atoms with van der Waals surface area (Å²) in [7, 11) is 0. The number of anilines is 1. The lowest BCUT2D eigenvalue weighted by atomic mass is 9.90. The molecule has 122 valence electrons. The highest BCUT2D eigenvalue weighted by Gasteiger charge is 2.37. The molecule has 0 spiro atoms. The van der Waals surface area contributed by atoms with Gasteiger partial charge in [-0.05, 0) is 29.7 Å². The second-order valence-electron chi connectivity index (χ2n) is 5.93. The number of hydrogen-bond donors (Lipinski definition) is 0. The number of rotatable bonds is 4. The topological polar surface area (TPSA) is 45.6 Å². The van der Waals surface area contributed by atoms with E-state index in [4.69, 9.17) is 0 Å². The molecular weight excluding hydrogens is 310 g/mol. The molecule has 2 heterocycles. The Morgan fingerprint density at radius 1 is 0.840 bits per heavy atom. The van der Waals surface area contributed by atoms with Crippen LogP contribution in [0.1, 0.15) is 11.1 Å². The molecule has 0 bridgehead atoms. The van der Waals surface area contributed by atoms with Crippen molar-refractivity contribution in [1.29, 1.82) is 0 Å². The van der Waals surface area contributed by atoms with Crippen molar-refractivity contribution in [3.05, 3.63) is 96.2 Å². The maximum absolute atomic E-state index is 13.1. The second kappa shape index (κ2) is 6.69. The lowest BCUT2D eigenvalue weighted by molar-refractivity contribution is -0.119. The van der Waals surface area contributed by atoms with Gasteiger partial charge in [0.05, 0.1) is 11.6 Å². The Morgan fingerprint density at radius 3 is 2.20 bits per heavy atom. The van der Waals surface area contributed by atoms with E-state index in [0.29, 0.717) is 12.2 Å². The summed E-state index contributed by atoms with van der Waals surface area (Å²) in [4.78, 5) is 17.3. The Balaban J connectivity index is 1.73. The summed E-state index contributed by atoms with van der Waals surface area (Å²) >= 11 is 0. The predicted molar refractivity (Wildman–Crippen MR) is 98.3 cm³/mol. The first-order valence-corrected chi connectivity index (χ1v) is 8.26. The third kappa shape index (κ3) is 3.06. The monoisotopic (exact) mass is 327 g/mol. The van der Waals surface area contributed by atoms with Crippen molar-refractivity contribution >= 4 is 17.4 Å². The van der Waals surface area contributed by atoms with Crippen molar-refractivity contribution in [3.8, 4) is 0 Å². The Bertz CT molecular complexity index is 892. The Morgan fingerprint density at radius 2 is 1.52 bits per heavy atom. The van der Waals surface area contributed by atoms with E-state index in [2.05, 4.69) is 10.1 Å². The van der Waals surface area contributed by atoms with Crippen LogP contribution in [0.2, 0.25) is 0 Å². The van der Waals surface area contributed by atoms with Crippen LogP contribution in [0.25, 0.3) is 0 Å². The molecule has 0 saturated heterocycles. The van der Waals surface area contributed by atoms with Gasteiger partial charge in [-0.3, -0.25) is 4.79 Å². The van der Waals surface area contributed by atoms with Gasteiger partial charge in [0.1, 0.15) is 0 Å². The summed E-state index contributed by atoms with van der Waals surface area (Å²) < 4.78 is 0. The predicted octanol–water partition coefficient (Wildman–Crippen LogP) is 3.69. The van der Waals surface area contributed by atoms with E-state index < -0.39 is 0 Å². The average Bonchev–Trinajstić information content (AvgIpc) is 3.01. The number of nitrogens with zero attached hydrogens (tertiary/aromatic N) is 3. The summed E-state index contributed by atoms with van der Waals surface area (Å²) in [6.07, 6.45) is 2.29. The fourth-order valence-electron chi connectivity index (χ4n) is 3.04. The number of aromatic nitrogens is 1. The largest absolute Gasteiger partial charge is 0.272 e. The van der Waals surface area contributed by atoms with Crippen LogP contribution in [-0.4, -0.2) is 16.6 Å². The molecule has 0 saturated carbocycles. The molecule has 2 aromatic carbocycles. The number of benzene rings is 2. The molecule has 1 aliphatic heterocycles. The number of hydrogen-bond acceptors (Lipinski definition) is 3. The lowest BCUT2D eigenvalue weighted by Gasteiger charge is -2.13. The Kier molecular flexibility index (Phi) is 4.09. The summed E-state index contributed by atoms with van der Waals surface area (Å²) in [6, 6.07) is 25.4. The first kappa shape index (κ1) is 15.3. The van der Waals surface area contributed by atoms with Crippen LogP contribution in [0.5, 0.6) is 0 Å². The second-order valence-corrected chi connectivity index (χ2v) is 5.93. The van der Waals surface area contributed by atoms with Gasteiger partial charge in [-0.2, -0.15) is 10.1 Å². The van der Waals surface area contributed by atoms with Gasteiger partial charge in [-0.15, -0.1) is 0 Å². The van der Waals surface area contributed by atoms with Gasteiger partial charge >= 0.3 is 0 Å². The maximum atomic E-state index is 13.1. The van der Waals surface area contributed by atoms with Gasteiger partial charge in [0.15, 0.2) is 5.82 Å². The van der Waals surface area contributed by atoms with Gasteiger partial charge in [0.2, 0.25) is 0 Å². The number of carbonyl (C=O) groups is 1. The van der Waals surface area contributed by atoms with Crippen LogP contribution < -0.4 is 5.01 Å². The van der Waals surface area contributed by atoms with Crippen molar-refractivity contribution in [2.45, 2.75) is 6.42 Å². The van der Waals surface area contributed by atoms with Gasteiger partial charge in [0, 0.05) is 6.20 Å². The number of hydrazone groups is 1. The van der Waals surface area contributed by atoms with E-state index in [-0.39, 0.29) is 11.8 Å². The normalized spacial score (nSPS) is 16.8. The van der Waals surface area contributed by atoms with Gasteiger partial charge in [-0.25, -0.2) is 4.98 Å². The highest BCUT2D eigenvalue weighted by atomic mass is 16.2. The van der Waals surface area contributed by atoms with E-state index in [1.807, 2.05) is 72.8 Å². The zero-order valence-electron chi connectivity index (χ0n) is 13.6. The summed E-state index contributed by atoms with van der Waals surface area (Å²) in [5.41, 5.74) is 2.88. The molecule has 1 atom stereocenters. The first-order chi connectivity index (χ1) is 12.3. The molecule has 3 aromatic rings. The molecule has 4 heteroatoms. The fourth-order valence-corrected chi connectivity index (χ4v) is 3.04. The molecule has 4 rings (SSSR count). The van der Waals surface area contributed by atoms with E-state index in [0.717, 1.165) is 16.8 Å². The summed E-state index contributed by atoms with van der Waals surface area (Å²) in [5, 5.41) is 6.05. The molecule has 1 aliphatic rings. The number of carbonyl (C=O) groups excluding carboxylic acids is 1. The van der Waals surface area contributed by atoms with Crippen molar-refractivity contribution in [1.82, 2.24) is 4.98 Å². The molecule has 4 nitrogen and oxygen atoms in total. The van der Waals surface area contributed by atoms with E-state index >= 15 is 0 Å². The van der Waals surface area contributed by atoms with E-state index in [1.165, 1.54) is 5.01 Å². The van der Waals surface area contributed by atoms with Crippen LogP contribution in [-0.2, 0) is 11.2 Å². The van der Waals surface area contributed by atoms with Crippen molar-refractivity contribution < 1.29 is 4.79 Å². The minimum Gasteiger partial charge on any atom is -0.272 e. The standard InChI is InChI=1S/C21H17N3O/c25-21-18(15-16-9-3-1-4-10-16)20(17-11-5-2-6-12-17)23-24(21)19-13-7-8-14-22-19/h1-14,18H,15H2. The Hall–Kier alpha value is -3.27. The molecule has 0 fully saturated rings. The zero-order valence-corrected chi connectivity index (χ0v) is 13.6. The molecular formula is C21H17N3O. The molecule has 0 radical (unpaired) electrons. The molecule has 1 aromatic heterocycles. The lowest BCUT2D eigenvalue weighted by Crippen LogP contribution is -2.29. The minimum atomic E-state index is -0.313. The zero-order chi connectivity index (χ0) is 17.1. The molecule has 1 unspecified atom stereocenters. The molecule has 1 amide bonds. The SMILES string of the molecule is O=C1C(Cc2ccccc2)C(c2ccccc2)=NN1c1ccccn1. The number of amides is 1. The van der Waals surface area contributed by atoms with Crippen LogP contribution in [0.4, 0.5) is 5.82 Å². The maximum Gasteiger partial charge on any atom is 0.258 e. The third-order valence-corrected chi connectivity index (χ3v) is 4.26. The minimum absolute atomic E-state index is 0.0404. The highest BCUT2D eigenvalue weighted by Crippen LogP contribution is 2.27. The molecule has 0 aliphatic carbocycles.